The summed E-state index contributed by atoms with van der Waals surface area (Å²) in [6, 6.07) is 16.0. The minimum atomic E-state index is -0.605. The molecular weight excluding hydrogens is 514 g/mol. The third kappa shape index (κ3) is 5.30. The molecule has 8 heteroatoms. The zero-order chi connectivity index (χ0) is 24.3. The molecule has 176 valence electrons. The van der Waals surface area contributed by atoms with Gasteiger partial charge in [0, 0.05) is 15.8 Å². The van der Waals surface area contributed by atoms with Crippen LogP contribution in [0.5, 0.6) is 0 Å². The van der Waals surface area contributed by atoms with Gasteiger partial charge in [-0.1, -0.05) is 58.4 Å². The Labute approximate surface area is 212 Å². The van der Waals surface area contributed by atoms with Gasteiger partial charge in [-0.2, -0.15) is 0 Å². The van der Waals surface area contributed by atoms with Crippen molar-refractivity contribution in [2.45, 2.75) is 42.5 Å². The van der Waals surface area contributed by atoms with Crippen molar-refractivity contribution in [2.75, 3.05) is 6.54 Å². The summed E-state index contributed by atoms with van der Waals surface area (Å²) in [6.07, 6.45) is 3.80. The van der Waals surface area contributed by atoms with Crippen molar-refractivity contribution in [1.82, 2.24) is 15.5 Å². The Hall–Kier alpha value is -2.80. The highest BCUT2D eigenvalue weighted by molar-refractivity contribution is 9.10. The Morgan fingerprint density at radius 3 is 2.56 bits per heavy atom. The highest BCUT2D eigenvalue weighted by Crippen LogP contribution is 2.50. The number of nitrogens with zero attached hydrogens (tertiary/aromatic N) is 1. The fraction of sp³-hybridized carbons (Fsp3) is 0.308. The van der Waals surface area contributed by atoms with Gasteiger partial charge in [0.05, 0.1) is 6.42 Å². The molecule has 0 spiro atoms. The van der Waals surface area contributed by atoms with E-state index in [4.69, 9.17) is 0 Å². The molecule has 4 rings (SSSR count). The van der Waals surface area contributed by atoms with Gasteiger partial charge in [0.2, 0.25) is 17.7 Å². The number of hydrogen-bond acceptors (Lipinski definition) is 4. The fourth-order valence-electron chi connectivity index (χ4n) is 4.20. The molecule has 2 heterocycles. The molecule has 2 aromatic carbocycles. The van der Waals surface area contributed by atoms with Gasteiger partial charge < -0.3 is 15.5 Å². The Morgan fingerprint density at radius 2 is 1.85 bits per heavy atom. The first-order valence-corrected chi connectivity index (χ1v) is 12.7. The number of carbonyl (C=O) groups is 3. The molecule has 3 atom stereocenters. The zero-order valence-corrected chi connectivity index (χ0v) is 21.4. The molecule has 3 amide bonds. The molecule has 2 N–H and O–H groups in total. The summed E-state index contributed by atoms with van der Waals surface area (Å²) < 4.78 is 0.537. The van der Waals surface area contributed by atoms with E-state index in [1.54, 1.807) is 22.7 Å². The van der Waals surface area contributed by atoms with Crippen LogP contribution in [0, 0.1) is 0 Å². The van der Waals surface area contributed by atoms with Crippen LogP contribution in [0.2, 0.25) is 0 Å². The van der Waals surface area contributed by atoms with Crippen molar-refractivity contribution >= 4 is 51.5 Å². The number of hydrogen-bond donors (Lipinski definition) is 2. The highest BCUT2D eigenvalue weighted by atomic mass is 79.9. The standard InChI is InChI=1S/C26H26BrN3O3S/c1-26(2)22(23(32)28-15-7-6-8-17-11-13-19(27)14-12-17)30-24(33)21(25(30)34-26)29-20(31)16-18-9-4-3-5-10-18/h3-5,7-14,21-22,25H,15-16H2,1-2H3,(H,28,32)(H,29,31)/t6?,21-,22+,25-/m1/s1. The lowest BCUT2D eigenvalue weighted by atomic mass is 9.95. The summed E-state index contributed by atoms with van der Waals surface area (Å²) >= 11 is 4.95. The smallest absolute Gasteiger partial charge is 0.249 e. The maximum absolute atomic E-state index is 13.0. The number of fused-ring (bicyclic) bond motifs is 1. The summed E-state index contributed by atoms with van der Waals surface area (Å²) in [4.78, 5) is 39.9. The monoisotopic (exact) mass is 539 g/mol. The zero-order valence-electron chi connectivity index (χ0n) is 19.0. The first kappa shape index (κ1) is 24.3. The van der Waals surface area contributed by atoms with Crippen molar-refractivity contribution in [3.8, 4) is 0 Å². The molecule has 0 saturated carbocycles. The Balaban J connectivity index is 1.33. The second-order valence-corrected chi connectivity index (χ2v) is 11.5. The fourth-order valence-corrected chi connectivity index (χ4v) is 6.09. The maximum atomic E-state index is 13.0. The Kier molecular flexibility index (Phi) is 7.31. The van der Waals surface area contributed by atoms with E-state index < -0.39 is 16.8 Å². The van der Waals surface area contributed by atoms with E-state index in [9.17, 15) is 14.4 Å². The van der Waals surface area contributed by atoms with Crippen LogP contribution < -0.4 is 10.6 Å². The normalized spacial score (nSPS) is 22.1. The highest BCUT2D eigenvalue weighted by Gasteiger charge is 2.63. The second kappa shape index (κ2) is 10.2. The van der Waals surface area contributed by atoms with Crippen molar-refractivity contribution in [1.29, 1.82) is 0 Å². The van der Waals surface area contributed by atoms with Gasteiger partial charge in [-0.25, -0.2) is 0 Å². The van der Waals surface area contributed by atoms with Crippen LogP contribution in [0.4, 0.5) is 0 Å². The van der Waals surface area contributed by atoms with Crippen LogP contribution in [0.15, 0.2) is 70.9 Å². The Morgan fingerprint density at radius 1 is 1.15 bits per heavy atom. The molecular formula is C26H26BrN3O3S. The lowest BCUT2D eigenvalue weighted by molar-refractivity contribution is -0.155. The molecule has 0 aromatic heterocycles. The minimum absolute atomic E-state index is 0.196. The van der Waals surface area contributed by atoms with E-state index in [-0.39, 0.29) is 29.5 Å². The molecule has 6 nitrogen and oxygen atoms in total. The third-order valence-electron chi connectivity index (χ3n) is 5.83. The number of β-lactam (4-membered cyclic amide) rings is 1. The molecule has 0 bridgehead atoms. The SMILES string of the molecule is CC1(C)S[C@@H]2[C@H](NC(=O)Cc3ccccc3)C(=O)N2[C@H]1C(=O)NCC=C=Cc1ccc(Br)cc1. The van der Waals surface area contributed by atoms with Crippen LogP contribution in [0.1, 0.15) is 25.0 Å². The molecule has 2 aromatic rings. The van der Waals surface area contributed by atoms with E-state index >= 15 is 0 Å². The summed E-state index contributed by atoms with van der Waals surface area (Å²) in [6.45, 7) is 4.23. The number of rotatable bonds is 7. The lowest BCUT2D eigenvalue weighted by Gasteiger charge is -2.44. The maximum Gasteiger partial charge on any atom is 0.249 e. The van der Waals surface area contributed by atoms with Crippen LogP contribution in [-0.2, 0) is 20.8 Å². The number of halogens is 1. The number of carbonyl (C=O) groups excluding carboxylic acids is 3. The largest absolute Gasteiger partial charge is 0.350 e. The van der Waals surface area contributed by atoms with Gasteiger partial charge in [-0.3, -0.25) is 14.4 Å². The molecule has 0 unspecified atom stereocenters. The first-order chi connectivity index (χ1) is 16.3. The van der Waals surface area contributed by atoms with E-state index in [1.165, 1.54) is 0 Å². The van der Waals surface area contributed by atoms with Crippen LogP contribution in [-0.4, -0.2) is 51.4 Å². The van der Waals surface area contributed by atoms with E-state index in [0.29, 0.717) is 6.54 Å². The summed E-state index contributed by atoms with van der Waals surface area (Å²) in [5.74, 6) is -0.613. The second-order valence-electron chi connectivity index (χ2n) is 8.78. The van der Waals surface area contributed by atoms with Gasteiger partial charge in [0.1, 0.15) is 17.5 Å². The Bertz CT molecular complexity index is 1140. The lowest BCUT2D eigenvalue weighted by Crippen LogP contribution is -2.71. The number of benzene rings is 2. The number of thioether (sulfide) groups is 1. The molecule has 2 fully saturated rings. The third-order valence-corrected chi connectivity index (χ3v) is 7.93. The van der Waals surface area contributed by atoms with E-state index in [1.807, 2.05) is 74.5 Å². The predicted molar refractivity (Wildman–Crippen MR) is 138 cm³/mol. The number of nitrogens with one attached hydrogen (secondary N) is 2. The summed E-state index contributed by atoms with van der Waals surface area (Å²) in [5.41, 5.74) is 4.96. The van der Waals surface area contributed by atoms with Gasteiger partial charge >= 0.3 is 0 Å². The topological polar surface area (TPSA) is 78.5 Å². The van der Waals surface area contributed by atoms with Crippen LogP contribution in [0.25, 0.3) is 6.08 Å². The summed E-state index contributed by atoms with van der Waals surface area (Å²) in [5, 5.41) is 5.50. The predicted octanol–water partition coefficient (Wildman–Crippen LogP) is 3.52. The molecule has 0 radical (unpaired) electrons. The average Bonchev–Trinajstić information content (AvgIpc) is 3.07. The molecule has 34 heavy (non-hydrogen) atoms. The average molecular weight is 540 g/mol. The summed E-state index contributed by atoms with van der Waals surface area (Å²) in [7, 11) is 0. The molecule has 0 aliphatic carbocycles. The van der Waals surface area contributed by atoms with E-state index in [0.717, 1.165) is 15.6 Å². The van der Waals surface area contributed by atoms with Crippen molar-refractivity contribution in [3.63, 3.8) is 0 Å². The van der Waals surface area contributed by atoms with Gasteiger partial charge in [-0.05, 0) is 49.3 Å². The van der Waals surface area contributed by atoms with Crippen LogP contribution >= 0.6 is 27.7 Å². The molecule has 2 aliphatic heterocycles. The van der Waals surface area contributed by atoms with Crippen LogP contribution in [0.3, 0.4) is 0 Å². The van der Waals surface area contributed by atoms with Gasteiger partial charge in [-0.15, -0.1) is 17.5 Å². The first-order valence-electron chi connectivity index (χ1n) is 11.0. The molecule has 2 aliphatic rings. The van der Waals surface area contributed by atoms with E-state index in [2.05, 4.69) is 32.3 Å². The molecule has 2 saturated heterocycles. The quantitative estimate of drug-likeness (QED) is 0.416. The minimum Gasteiger partial charge on any atom is -0.350 e. The van der Waals surface area contributed by atoms with Crippen molar-refractivity contribution < 1.29 is 14.4 Å². The van der Waals surface area contributed by atoms with Crippen molar-refractivity contribution in [3.05, 3.63) is 82.0 Å². The van der Waals surface area contributed by atoms with Crippen molar-refractivity contribution in [2.24, 2.45) is 0 Å². The number of amides is 3. The van der Waals surface area contributed by atoms with Gasteiger partial charge in [0.15, 0.2) is 0 Å². The van der Waals surface area contributed by atoms with Gasteiger partial charge in [0.25, 0.3) is 0 Å².